The Bertz CT molecular complexity index is 922. The van der Waals surface area contributed by atoms with Gasteiger partial charge in [-0.05, 0) is 38.1 Å². The molecule has 0 bridgehead atoms. The number of rotatable bonds is 5. The second-order valence-corrected chi connectivity index (χ2v) is 5.77. The van der Waals surface area contributed by atoms with E-state index in [9.17, 15) is 9.59 Å². The molecular formula is C19H18N4O3. The van der Waals surface area contributed by atoms with Gasteiger partial charge < -0.3 is 15.1 Å². The SMILES string of the molecule is Cc1nccc(-c2cccc(NC(=O)[C@@H](C)NC(=O)c3ccoc3)c2)n1. The van der Waals surface area contributed by atoms with Gasteiger partial charge in [-0.15, -0.1) is 0 Å². The molecule has 3 rings (SSSR count). The molecule has 0 saturated carbocycles. The van der Waals surface area contributed by atoms with E-state index in [4.69, 9.17) is 4.42 Å². The molecular weight excluding hydrogens is 332 g/mol. The standard InChI is InChI=1S/C19H18N4O3/c1-12(21-19(25)15-7-9-26-11-15)18(24)23-16-5-3-4-14(10-16)17-6-8-20-13(2)22-17/h3-12H,1-2H3,(H,21,25)(H,23,24)/t12-/m1/s1. The molecule has 0 fully saturated rings. The van der Waals surface area contributed by atoms with Crippen molar-refractivity contribution in [3.63, 3.8) is 0 Å². The summed E-state index contributed by atoms with van der Waals surface area (Å²) in [4.78, 5) is 32.8. The van der Waals surface area contributed by atoms with Crippen LogP contribution in [0.4, 0.5) is 5.69 Å². The lowest BCUT2D eigenvalue weighted by Gasteiger charge is -2.14. The molecule has 0 aliphatic heterocycles. The number of aromatic nitrogens is 2. The van der Waals surface area contributed by atoms with Gasteiger partial charge in [-0.3, -0.25) is 9.59 Å². The average Bonchev–Trinajstić information content (AvgIpc) is 3.16. The molecule has 2 heterocycles. The number of aryl methyl sites for hydroxylation is 1. The highest BCUT2D eigenvalue weighted by Gasteiger charge is 2.17. The fraction of sp³-hybridized carbons (Fsp3) is 0.158. The molecule has 2 aromatic heterocycles. The van der Waals surface area contributed by atoms with E-state index in [0.29, 0.717) is 17.1 Å². The second-order valence-electron chi connectivity index (χ2n) is 5.77. The van der Waals surface area contributed by atoms with Crippen molar-refractivity contribution in [3.8, 4) is 11.3 Å². The van der Waals surface area contributed by atoms with Crippen molar-refractivity contribution in [2.75, 3.05) is 5.32 Å². The molecule has 132 valence electrons. The highest BCUT2D eigenvalue weighted by molar-refractivity contribution is 6.01. The summed E-state index contributed by atoms with van der Waals surface area (Å²) in [6.07, 6.45) is 4.42. The van der Waals surface area contributed by atoms with Crippen molar-refractivity contribution in [1.82, 2.24) is 15.3 Å². The van der Waals surface area contributed by atoms with Crippen molar-refractivity contribution >= 4 is 17.5 Å². The number of carbonyl (C=O) groups excluding carboxylic acids is 2. The Hall–Kier alpha value is -3.48. The molecule has 2 amide bonds. The van der Waals surface area contributed by atoms with Crippen LogP contribution in [0.25, 0.3) is 11.3 Å². The topological polar surface area (TPSA) is 97.1 Å². The van der Waals surface area contributed by atoms with E-state index < -0.39 is 6.04 Å². The minimum absolute atomic E-state index is 0.321. The van der Waals surface area contributed by atoms with Gasteiger partial charge in [0.15, 0.2) is 0 Å². The summed E-state index contributed by atoms with van der Waals surface area (Å²) in [7, 11) is 0. The van der Waals surface area contributed by atoms with Crippen LogP contribution in [0.1, 0.15) is 23.1 Å². The summed E-state index contributed by atoms with van der Waals surface area (Å²) in [6, 6.07) is 9.97. The van der Waals surface area contributed by atoms with Gasteiger partial charge in [-0.1, -0.05) is 12.1 Å². The number of anilines is 1. The van der Waals surface area contributed by atoms with Crippen LogP contribution in [0.2, 0.25) is 0 Å². The predicted octanol–water partition coefficient (Wildman–Crippen LogP) is 2.80. The first-order valence-electron chi connectivity index (χ1n) is 8.07. The lowest BCUT2D eigenvalue weighted by molar-refractivity contribution is -0.117. The number of nitrogens with one attached hydrogen (secondary N) is 2. The van der Waals surface area contributed by atoms with Gasteiger partial charge in [0.05, 0.1) is 17.5 Å². The molecule has 7 nitrogen and oxygen atoms in total. The van der Waals surface area contributed by atoms with Crippen LogP contribution in [0, 0.1) is 6.92 Å². The molecule has 0 saturated heterocycles. The molecule has 1 aromatic carbocycles. The molecule has 0 unspecified atom stereocenters. The zero-order valence-corrected chi connectivity index (χ0v) is 14.4. The molecule has 2 N–H and O–H groups in total. The summed E-state index contributed by atoms with van der Waals surface area (Å²) in [6.45, 7) is 3.43. The Labute approximate surface area is 150 Å². The Morgan fingerprint density at radius 3 is 2.77 bits per heavy atom. The third-order valence-electron chi connectivity index (χ3n) is 3.73. The normalized spacial score (nSPS) is 11.6. The van der Waals surface area contributed by atoms with Crippen LogP contribution < -0.4 is 10.6 Å². The monoisotopic (exact) mass is 350 g/mol. The maximum absolute atomic E-state index is 12.3. The van der Waals surface area contributed by atoms with Gasteiger partial charge in [-0.25, -0.2) is 9.97 Å². The van der Waals surface area contributed by atoms with E-state index in [0.717, 1.165) is 11.3 Å². The molecule has 3 aromatic rings. The fourth-order valence-corrected chi connectivity index (χ4v) is 2.36. The van der Waals surface area contributed by atoms with Crippen LogP contribution in [-0.4, -0.2) is 27.8 Å². The minimum atomic E-state index is -0.706. The maximum atomic E-state index is 12.3. The first-order chi connectivity index (χ1) is 12.5. The Balaban J connectivity index is 1.67. The summed E-state index contributed by atoms with van der Waals surface area (Å²) < 4.78 is 4.87. The number of hydrogen-bond acceptors (Lipinski definition) is 5. The third-order valence-corrected chi connectivity index (χ3v) is 3.73. The average molecular weight is 350 g/mol. The lowest BCUT2D eigenvalue weighted by atomic mass is 10.1. The highest BCUT2D eigenvalue weighted by Crippen LogP contribution is 2.20. The van der Waals surface area contributed by atoms with E-state index in [1.807, 2.05) is 31.2 Å². The fourth-order valence-electron chi connectivity index (χ4n) is 2.36. The number of carbonyl (C=O) groups is 2. The largest absolute Gasteiger partial charge is 0.472 e. The molecule has 0 aliphatic rings. The van der Waals surface area contributed by atoms with Gasteiger partial charge in [-0.2, -0.15) is 0 Å². The minimum Gasteiger partial charge on any atom is -0.472 e. The zero-order valence-electron chi connectivity index (χ0n) is 14.4. The van der Waals surface area contributed by atoms with E-state index >= 15 is 0 Å². The number of nitrogens with zero attached hydrogens (tertiary/aromatic N) is 2. The smallest absolute Gasteiger partial charge is 0.255 e. The van der Waals surface area contributed by atoms with Gasteiger partial charge in [0.1, 0.15) is 18.1 Å². The van der Waals surface area contributed by atoms with Crippen LogP contribution in [0.15, 0.2) is 59.5 Å². The summed E-state index contributed by atoms with van der Waals surface area (Å²) in [5, 5.41) is 5.42. The predicted molar refractivity (Wildman–Crippen MR) is 96.5 cm³/mol. The van der Waals surface area contributed by atoms with Gasteiger partial charge in [0.25, 0.3) is 5.91 Å². The van der Waals surface area contributed by atoms with Crippen molar-refractivity contribution < 1.29 is 14.0 Å². The maximum Gasteiger partial charge on any atom is 0.255 e. The van der Waals surface area contributed by atoms with Crippen LogP contribution in [0.3, 0.4) is 0 Å². The van der Waals surface area contributed by atoms with Crippen molar-refractivity contribution in [2.24, 2.45) is 0 Å². The first kappa shape index (κ1) is 17.3. The van der Waals surface area contributed by atoms with Crippen molar-refractivity contribution in [3.05, 3.63) is 66.5 Å². The van der Waals surface area contributed by atoms with Crippen molar-refractivity contribution in [2.45, 2.75) is 19.9 Å². The number of amides is 2. The lowest BCUT2D eigenvalue weighted by Crippen LogP contribution is -2.41. The van der Waals surface area contributed by atoms with Crippen molar-refractivity contribution in [1.29, 1.82) is 0 Å². The molecule has 1 atom stereocenters. The van der Waals surface area contributed by atoms with Crippen LogP contribution >= 0.6 is 0 Å². The van der Waals surface area contributed by atoms with Gasteiger partial charge in [0.2, 0.25) is 5.91 Å². The summed E-state index contributed by atoms with van der Waals surface area (Å²) in [5.74, 6) is -0.0167. The second kappa shape index (κ2) is 7.60. The molecule has 7 heteroatoms. The molecule has 0 aliphatic carbocycles. The zero-order chi connectivity index (χ0) is 18.5. The van der Waals surface area contributed by atoms with E-state index in [-0.39, 0.29) is 11.8 Å². The quantitative estimate of drug-likeness (QED) is 0.737. The number of furan rings is 1. The van der Waals surface area contributed by atoms with Crippen LogP contribution in [0.5, 0.6) is 0 Å². The van der Waals surface area contributed by atoms with Gasteiger partial charge in [0, 0.05) is 17.4 Å². The van der Waals surface area contributed by atoms with Crippen LogP contribution in [-0.2, 0) is 4.79 Å². The third kappa shape index (κ3) is 4.13. The van der Waals surface area contributed by atoms with E-state index in [2.05, 4.69) is 20.6 Å². The summed E-state index contributed by atoms with van der Waals surface area (Å²) >= 11 is 0. The number of benzene rings is 1. The summed E-state index contributed by atoms with van der Waals surface area (Å²) in [5.41, 5.74) is 2.62. The Morgan fingerprint density at radius 1 is 1.19 bits per heavy atom. The highest BCUT2D eigenvalue weighted by atomic mass is 16.3. The van der Waals surface area contributed by atoms with Gasteiger partial charge >= 0.3 is 0 Å². The van der Waals surface area contributed by atoms with E-state index in [1.165, 1.54) is 18.6 Å². The molecule has 0 spiro atoms. The Morgan fingerprint density at radius 2 is 2.04 bits per heavy atom. The molecule has 26 heavy (non-hydrogen) atoms. The van der Waals surface area contributed by atoms with E-state index in [1.54, 1.807) is 19.2 Å². The Kier molecular flexibility index (Phi) is 5.07. The number of hydrogen-bond donors (Lipinski definition) is 2. The first-order valence-corrected chi connectivity index (χ1v) is 8.07. The molecule has 0 radical (unpaired) electrons.